The largest absolute Gasteiger partial charge is 0.352 e. The highest BCUT2D eigenvalue weighted by atomic mass is 15.3. The molecule has 0 atom stereocenters. The molecule has 0 spiro atoms. The van der Waals surface area contributed by atoms with Crippen LogP contribution in [0.15, 0.2) is 48.9 Å². The minimum atomic E-state index is 0.0190. The number of hydrogen-bond acceptors (Lipinski definition) is 4. The first-order valence-electron chi connectivity index (χ1n) is 8.71. The van der Waals surface area contributed by atoms with E-state index in [2.05, 4.69) is 63.6 Å². The highest BCUT2D eigenvalue weighted by molar-refractivity contribution is 5.62. The van der Waals surface area contributed by atoms with Crippen LogP contribution < -0.4 is 4.90 Å². The van der Waals surface area contributed by atoms with Crippen molar-refractivity contribution in [3.63, 3.8) is 0 Å². The van der Waals surface area contributed by atoms with Gasteiger partial charge < -0.3 is 4.90 Å². The van der Waals surface area contributed by atoms with Gasteiger partial charge in [-0.3, -0.25) is 4.68 Å². The number of fused-ring (bicyclic) bond motifs is 1. The van der Waals surface area contributed by atoms with Crippen molar-refractivity contribution in [3.8, 4) is 11.3 Å². The lowest BCUT2D eigenvalue weighted by atomic mass is 10.0. The molecule has 0 saturated carbocycles. The van der Waals surface area contributed by atoms with Gasteiger partial charge in [-0.1, -0.05) is 30.3 Å². The van der Waals surface area contributed by atoms with Crippen LogP contribution in [0.4, 0.5) is 5.82 Å². The number of aromatic nitrogens is 4. The van der Waals surface area contributed by atoms with Gasteiger partial charge in [0.15, 0.2) is 0 Å². The molecule has 25 heavy (non-hydrogen) atoms. The molecule has 0 aliphatic carbocycles. The minimum absolute atomic E-state index is 0.0190. The Balaban J connectivity index is 1.61. The normalized spacial score (nSPS) is 14.4. The van der Waals surface area contributed by atoms with Gasteiger partial charge in [0.1, 0.15) is 12.1 Å². The van der Waals surface area contributed by atoms with Crippen LogP contribution in [0.2, 0.25) is 0 Å². The molecule has 2 aromatic heterocycles. The predicted octanol–water partition coefficient (Wildman–Crippen LogP) is 3.66. The van der Waals surface area contributed by atoms with Crippen LogP contribution in [0.5, 0.6) is 0 Å². The molecule has 128 valence electrons. The van der Waals surface area contributed by atoms with Crippen LogP contribution in [0, 0.1) is 0 Å². The standard InChI is InChI=1S/C20H23N5/c1-20(2,3)25-18-9-10-24(13-16(18)12-23-25)19-11-17(21-14-22-19)15-7-5-4-6-8-15/h4-8,11-12,14H,9-10,13H2,1-3H3. The Bertz CT molecular complexity index is 877. The zero-order valence-corrected chi connectivity index (χ0v) is 15.0. The topological polar surface area (TPSA) is 46.8 Å². The summed E-state index contributed by atoms with van der Waals surface area (Å²) < 4.78 is 2.16. The van der Waals surface area contributed by atoms with Crippen molar-refractivity contribution in [1.82, 2.24) is 19.7 Å². The molecule has 1 aliphatic rings. The molecule has 1 aromatic carbocycles. The summed E-state index contributed by atoms with van der Waals surface area (Å²) in [5.74, 6) is 0.975. The van der Waals surface area contributed by atoms with E-state index in [1.54, 1.807) is 6.33 Å². The van der Waals surface area contributed by atoms with Crippen LogP contribution in [-0.4, -0.2) is 26.3 Å². The molecular weight excluding hydrogens is 310 g/mol. The summed E-state index contributed by atoms with van der Waals surface area (Å²) in [4.78, 5) is 11.2. The molecule has 0 radical (unpaired) electrons. The fourth-order valence-electron chi connectivity index (χ4n) is 3.39. The summed E-state index contributed by atoms with van der Waals surface area (Å²) in [6.07, 6.45) is 4.65. The molecular formula is C20H23N5. The second kappa shape index (κ2) is 5.99. The van der Waals surface area contributed by atoms with Crippen molar-refractivity contribution < 1.29 is 0 Å². The Morgan fingerprint density at radius 3 is 2.60 bits per heavy atom. The number of hydrogen-bond donors (Lipinski definition) is 0. The maximum absolute atomic E-state index is 4.62. The Morgan fingerprint density at radius 2 is 1.84 bits per heavy atom. The summed E-state index contributed by atoms with van der Waals surface area (Å²) in [5.41, 5.74) is 4.74. The summed E-state index contributed by atoms with van der Waals surface area (Å²) in [6.45, 7) is 8.38. The molecule has 5 nitrogen and oxygen atoms in total. The molecule has 0 unspecified atom stereocenters. The van der Waals surface area contributed by atoms with Crippen molar-refractivity contribution in [1.29, 1.82) is 0 Å². The first kappa shape index (κ1) is 15.8. The molecule has 3 aromatic rings. The van der Waals surface area contributed by atoms with Crippen molar-refractivity contribution in [2.75, 3.05) is 11.4 Å². The van der Waals surface area contributed by atoms with E-state index in [0.29, 0.717) is 0 Å². The molecule has 5 heteroatoms. The van der Waals surface area contributed by atoms with Gasteiger partial charge in [0.05, 0.1) is 17.4 Å². The Labute approximate surface area is 148 Å². The van der Waals surface area contributed by atoms with E-state index in [1.807, 2.05) is 24.4 Å². The maximum atomic E-state index is 4.62. The van der Waals surface area contributed by atoms with Gasteiger partial charge >= 0.3 is 0 Å². The lowest BCUT2D eigenvalue weighted by molar-refractivity contribution is 0.341. The average molecular weight is 333 g/mol. The fraction of sp³-hybridized carbons (Fsp3) is 0.350. The number of nitrogens with zero attached hydrogens (tertiary/aromatic N) is 5. The molecule has 3 heterocycles. The van der Waals surface area contributed by atoms with Crippen molar-refractivity contribution >= 4 is 5.82 Å². The highest BCUT2D eigenvalue weighted by Gasteiger charge is 2.26. The first-order valence-corrected chi connectivity index (χ1v) is 8.71. The smallest absolute Gasteiger partial charge is 0.132 e. The minimum Gasteiger partial charge on any atom is -0.352 e. The molecule has 0 fully saturated rings. The summed E-state index contributed by atoms with van der Waals surface area (Å²) >= 11 is 0. The van der Waals surface area contributed by atoms with Crippen LogP contribution in [0.3, 0.4) is 0 Å². The van der Waals surface area contributed by atoms with Gasteiger partial charge in [0.2, 0.25) is 0 Å². The second-order valence-corrected chi connectivity index (χ2v) is 7.50. The van der Waals surface area contributed by atoms with Gasteiger partial charge in [0.25, 0.3) is 0 Å². The van der Waals surface area contributed by atoms with E-state index in [0.717, 1.165) is 36.6 Å². The van der Waals surface area contributed by atoms with Crippen LogP contribution in [-0.2, 0) is 18.5 Å². The van der Waals surface area contributed by atoms with E-state index in [9.17, 15) is 0 Å². The highest BCUT2D eigenvalue weighted by Crippen LogP contribution is 2.28. The van der Waals surface area contributed by atoms with Gasteiger partial charge in [-0.05, 0) is 20.8 Å². The van der Waals surface area contributed by atoms with Gasteiger partial charge in [-0.15, -0.1) is 0 Å². The fourth-order valence-corrected chi connectivity index (χ4v) is 3.39. The second-order valence-electron chi connectivity index (χ2n) is 7.50. The van der Waals surface area contributed by atoms with Gasteiger partial charge in [-0.2, -0.15) is 5.10 Å². The van der Waals surface area contributed by atoms with E-state index in [-0.39, 0.29) is 5.54 Å². The Kier molecular flexibility index (Phi) is 3.79. The predicted molar refractivity (Wildman–Crippen MR) is 99.4 cm³/mol. The van der Waals surface area contributed by atoms with Crippen LogP contribution in [0.25, 0.3) is 11.3 Å². The van der Waals surface area contributed by atoms with Crippen LogP contribution in [0.1, 0.15) is 32.0 Å². The monoisotopic (exact) mass is 333 g/mol. The lowest BCUT2D eigenvalue weighted by Crippen LogP contribution is -2.34. The van der Waals surface area contributed by atoms with Gasteiger partial charge in [0, 0.05) is 42.4 Å². The third-order valence-electron chi connectivity index (χ3n) is 4.62. The van der Waals surface area contributed by atoms with E-state index < -0.39 is 0 Å². The summed E-state index contributed by atoms with van der Waals surface area (Å²) in [5, 5.41) is 4.62. The maximum Gasteiger partial charge on any atom is 0.132 e. The third kappa shape index (κ3) is 3.02. The Hall–Kier alpha value is -2.69. The van der Waals surface area contributed by atoms with E-state index in [1.165, 1.54) is 11.3 Å². The Morgan fingerprint density at radius 1 is 1.04 bits per heavy atom. The number of rotatable bonds is 2. The molecule has 4 rings (SSSR count). The molecule has 0 bridgehead atoms. The van der Waals surface area contributed by atoms with Crippen molar-refractivity contribution in [3.05, 3.63) is 60.2 Å². The summed E-state index contributed by atoms with van der Waals surface area (Å²) in [7, 11) is 0. The zero-order chi connectivity index (χ0) is 17.4. The number of anilines is 1. The van der Waals surface area contributed by atoms with Crippen LogP contribution >= 0.6 is 0 Å². The summed E-state index contributed by atoms with van der Waals surface area (Å²) in [6, 6.07) is 12.3. The molecule has 0 saturated heterocycles. The zero-order valence-electron chi connectivity index (χ0n) is 15.0. The third-order valence-corrected chi connectivity index (χ3v) is 4.62. The number of benzene rings is 1. The van der Waals surface area contributed by atoms with E-state index >= 15 is 0 Å². The lowest BCUT2D eigenvalue weighted by Gasteiger charge is -2.30. The van der Waals surface area contributed by atoms with Gasteiger partial charge in [-0.25, -0.2) is 9.97 Å². The average Bonchev–Trinajstić information content (AvgIpc) is 3.06. The van der Waals surface area contributed by atoms with Crippen molar-refractivity contribution in [2.45, 2.75) is 39.3 Å². The molecule has 0 amide bonds. The molecule has 1 aliphatic heterocycles. The SMILES string of the molecule is CC(C)(C)n1ncc2c1CCN(c1cc(-c3ccccc3)ncn1)C2. The van der Waals surface area contributed by atoms with E-state index in [4.69, 9.17) is 0 Å². The molecule has 0 N–H and O–H groups in total. The first-order chi connectivity index (χ1) is 12.0. The van der Waals surface area contributed by atoms with Crippen molar-refractivity contribution in [2.24, 2.45) is 0 Å². The quantitative estimate of drug-likeness (QED) is 0.718.